The summed E-state index contributed by atoms with van der Waals surface area (Å²) in [5.41, 5.74) is 2.29. The largest absolute Gasteiger partial charge is 0.493 e. The second-order valence-corrected chi connectivity index (χ2v) is 7.70. The molecule has 2 N–H and O–H groups in total. The molecule has 1 aromatic carbocycles. The average Bonchev–Trinajstić information content (AvgIpc) is 2.76. The second-order valence-electron chi connectivity index (χ2n) is 7.70. The molecule has 0 aliphatic carbocycles. The van der Waals surface area contributed by atoms with E-state index < -0.39 is 0 Å². The summed E-state index contributed by atoms with van der Waals surface area (Å²) < 4.78 is 11.1. The van der Waals surface area contributed by atoms with Gasteiger partial charge in [-0.3, -0.25) is 4.90 Å². The third-order valence-electron chi connectivity index (χ3n) is 5.36. The number of aliphatic imine (C=N–C) groups is 1. The molecule has 0 bridgehead atoms. The van der Waals surface area contributed by atoms with E-state index in [-0.39, 0.29) is 0 Å². The number of methoxy groups -OCH3 is 1. The molecule has 2 rings (SSSR count). The van der Waals surface area contributed by atoms with Crippen molar-refractivity contribution in [3.05, 3.63) is 29.3 Å². The zero-order valence-electron chi connectivity index (χ0n) is 19.4. The molecule has 1 saturated heterocycles. The van der Waals surface area contributed by atoms with E-state index in [9.17, 15) is 0 Å². The normalized spacial score (nSPS) is 15.9. The zero-order chi connectivity index (χ0) is 21.6. The Morgan fingerprint density at radius 3 is 2.53 bits per heavy atom. The lowest BCUT2D eigenvalue weighted by Gasteiger charge is -2.34. The van der Waals surface area contributed by atoms with Crippen LogP contribution < -0.4 is 15.4 Å². The van der Waals surface area contributed by atoms with Crippen LogP contribution in [0.2, 0.25) is 0 Å². The number of guanidine groups is 1. The van der Waals surface area contributed by atoms with Crippen LogP contribution in [0.15, 0.2) is 23.2 Å². The summed E-state index contributed by atoms with van der Waals surface area (Å²) in [6.45, 7) is 16.9. The van der Waals surface area contributed by atoms with Crippen LogP contribution in [0.5, 0.6) is 5.75 Å². The summed E-state index contributed by atoms with van der Waals surface area (Å²) in [5, 5.41) is 6.83. The molecule has 0 amide bonds. The summed E-state index contributed by atoms with van der Waals surface area (Å²) in [6, 6.07) is 6.32. The van der Waals surface area contributed by atoms with Gasteiger partial charge in [0.1, 0.15) is 5.75 Å². The predicted molar refractivity (Wildman–Crippen MR) is 125 cm³/mol. The van der Waals surface area contributed by atoms with E-state index in [2.05, 4.69) is 59.4 Å². The van der Waals surface area contributed by atoms with Crippen molar-refractivity contribution in [3.8, 4) is 5.75 Å². The summed E-state index contributed by atoms with van der Waals surface area (Å²) >= 11 is 0. The minimum Gasteiger partial charge on any atom is -0.493 e. The van der Waals surface area contributed by atoms with Gasteiger partial charge in [0.05, 0.1) is 13.2 Å². The van der Waals surface area contributed by atoms with Gasteiger partial charge in [0, 0.05) is 71.5 Å². The Bertz CT molecular complexity index is 630. The smallest absolute Gasteiger partial charge is 0.191 e. The molecule has 7 nitrogen and oxygen atoms in total. The van der Waals surface area contributed by atoms with Gasteiger partial charge in [-0.15, -0.1) is 0 Å². The second kappa shape index (κ2) is 14.2. The molecule has 7 heteroatoms. The van der Waals surface area contributed by atoms with E-state index >= 15 is 0 Å². The summed E-state index contributed by atoms with van der Waals surface area (Å²) in [5.74, 6) is 1.77. The number of ether oxygens (including phenoxy) is 2. The Kier molecular flexibility index (Phi) is 11.6. The highest BCUT2D eigenvalue weighted by atomic mass is 16.5. The van der Waals surface area contributed by atoms with Crippen LogP contribution in [0.1, 0.15) is 31.4 Å². The lowest BCUT2D eigenvalue weighted by atomic mass is 10.1. The molecule has 1 aliphatic heterocycles. The average molecular weight is 420 g/mol. The number of rotatable bonds is 12. The molecule has 1 aromatic rings. The first-order valence-electron chi connectivity index (χ1n) is 11.3. The van der Waals surface area contributed by atoms with Gasteiger partial charge in [0.25, 0.3) is 0 Å². The summed E-state index contributed by atoms with van der Waals surface area (Å²) in [4.78, 5) is 9.82. The topological polar surface area (TPSA) is 61.4 Å². The molecule has 0 atom stereocenters. The first-order chi connectivity index (χ1) is 14.7. The van der Waals surface area contributed by atoms with Crippen LogP contribution in [0, 0.1) is 6.92 Å². The number of likely N-dealkylation sites (N-methyl/N-ethyl adjacent to an activating group) is 1. The van der Waals surface area contributed by atoms with Gasteiger partial charge in [0.2, 0.25) is 0 Å². The van der Waals surface area contributed by atoms with E-state index in [0.29, 0.717) is 19.8 Å². The molecular weight excluding hydrogens is 378 g/mol. The molecule has 0 radical (unpaired) electrons. The summed E-state index contributed by atoms with van der Waals surface area (Å²) in [7, 11) is 1.72. The van der Waals surface area contributed by atoms with Crippen molar-refractivity contribution in [2.45, 2.75) is 33.7 Å². The number of benzene rings is 1. The maximum atomic E-state index is 5.99. The maximum Gasteiger partial charge on any atom is 0.191 e. The molecule has 1 aliphatic rings. The maximum absolute atomic E-state index is 5.99. The summed E-state index contributed by atoms with van der Waals surface area (Å²) in [6.07, 6.45) is 0.879. The van der Waals surface area contributed by atoms with Crippen molar-refractivity contribution >= 4 is 5.96 Å². The predicted octanol–water partition coefficient (Wildman–Crippen LogP) is 2.10. The van der Waals surface area contributed by atoms with Crippen molar-refractivity contribution in [3.63, 3.8) is 0 Å². The fourth-order valence-electron chi connectivity index (χ4n) is 3.48. The fraction of sp³-hybridized carbons (Fsp3) is 0.696. The van der Waals surface area contributed by atoms with E-state index in [0.717, 1.165) is 63.0 Å². The SMILES string of the molecule is CCNC(=NCc1ccc(C)cc1OCCCOC)NCCN1CCN(CC)CC1. The van der Waals surface area contributed by atoms with Gasteiger partial charge in [0.15, 0.2) is 5.96 Å². The van der Waals surface area contributed by atoms with Crippen LogP contribution in [-0.2, 0) is 11.3 Å². The van der Waals surface area contributed by atoms with Crippen LogP contribution in [0.3, 0.4) is 0 Å². The van der Waals surface area contributed by atoms with E-state index in [1.54, 1.807) is 7.11 Å². The Morgan fingerprint density at radius 1 is 1.07 bits per heavy atom. The van der Waals surface area contributed by atoms with Gasteiger partial charge in [-0.1, -0.05) is 19.1 Å². The lowest BCUT2D eigenvalue weighted by Crippen LogP contribution is -2.49. The van der Waals surface area contributed by atoms with Crippen LogP contribution in [0.25, 0.3) is 0 Å². The van der Waals surface area contributed by atoms with Crippen LogP contribution >= 0.6 is 0 Å². The van der Waals surface area contributed by atoms with E-state index in [4.69, 9.17) is 14.5 Å². The molecule has 1 heterocycles. The Balaban J connectivity index is 1.86. The van der Waals surface area contributed by atoms with Crippen molar-refractivity contribution in [1.29, 1.82) is 0 Å². The van der Waals surface area contributed by atoms with Gasteiger partial charge < -0.3 is 25.0 Å². The van der Waals surface area contributed by atoms with Gasteiger partial charge >= 0.3 is 0 Å². The first kappa shape index (κ1) is 24.4. The third-order valence-corrected chi connectivity index (χ3v) is 5.36. The fourth-order valence-corrected chi connectivity index (χ4v) is 3.48. The quantitative estimate of drug-likeness (QED) is 0.307. The number of nitrogens with zero attached hydrogens (tertiary/aromatic N) is 3. The van der Waals surface area contributed by atoms with Crippen LogP contribution in [-0.4, -0.2) is 88.4 Å². The zero-order valence-corrected chi connectivity index (χ0v) is 19.4. The van der Waals surface area contributed by atoms with Gasteiger partial charge in [-0.25, -0.2) is 4.99 Å². The minimum absolute atomic E-state index is 0.588. The number of hydrogen-bond donors (Lipinski definition) is 2. The molecule has 0 aromatic heterocycles. The number of hydrogen-bond acceptors (Lipinski definition) is 5. The molecule has 1 fully saturated rings. The molecular formula is C23H41N5O2. The first-order valence-corrected chi connectivity index (χ1v) is 11.3. The van der Waals surface area contributed by atoms with Crippen molar-refractivity contribution in [1.82, 2.24) is 20.4 Å². The van der Waals surface area contributed by atoms with E-state index in [1.807, 2.05) is 0 Å². The molecule has 0 saturated carbocycles. The number of nitrogens with one attached hydrogen (secondary N) is 2. The molecule has 170 valence electrons. The monoisotopic (exact) mass is 419 g/mol. The van der Waals surface area contributed by atoms with Crippen molar-refractivity contribution in [2.24, 2.45) is 4.99 Å². The van der Waals surface area contributed by atoms with Crippen LogP contribution in [0.4, 0.5) is 0 Å². The lowest BCUT2D eigenvalue weighted by molar-refractivity contribution is 0.139. The minimum atomic E-state index is 0.588. The van der Waals surface area contributed by atoms with Crippen molar-refractivity contribution < 1.29 is 9.47 Å². The molecule has 30 heavy (non-hydrogen) atoms. The third kappa shape index (κ3) is 8.90. The molecule has 0 unspecified atom stereocenters. The van der Waals surface area contributed by atoms with Gasteiger partial charge in [-0.2, -0.15) is 0 Å². The Morgan fingerprint density at radius 2 is 1.83 bits per heavy atom. The highest BCUT2D eigenvalue weighted by molar-refractivity contribution is 5.79. The number of aryl methyl sites for hydroxylation is 1. The Labute approximate surface area is 182 Å². The highest BCUT2D eigenvalue weighted by Crippen LogP contribution is 2.21. The van der Waals surface area contributed by atoms with Crippen molar-refractivity contribution in [2.75, 3.05) is 72.7 Å². The molecule has 0 spiro atoms. The number of piperazine rings is 1. The van der Waals surface area contributed by atoms with E-state index in [1.165, 1.54) is 18.7 Å². The van der Waals surface area contributed by atoms with Gasteiger partial charge in [-0.05, 0) is 32.0 Å². The standard InChI is InChI=1S/C23H41N5O2/c1-5-24-23(25-10-11-28-14-12-27(6-2)13-15-28)26-19-21-9-8-20(3)18-22(21)30-17-7-16-29-4/h8-9,18H,5-7,10-17,19H2,1-4H3,(H2,24,25,26). The highest BCUT2D eigenvalue weighted by Gasteiger charge is 2.14. The Hall–Kier alpha value is -1.83.